The molecule has 116 valence electrons. The van der Waals surface area contributed by atoms with Crippen molar-refractivity contribution in [3.8, 4) is 0 Å². The van der Waals surface area contributed by atoms with Crippen LogP contribution in [0.5, 0.6) is 0 Å². The van der Waals surface area contributed by atoms with Crippen LogP contribution in [0.25, 0.3) is 0 Å². The van der Waals surface area contributed by atoms with Crippen molar-refractivity contribution in [2.75, 3.05) is 24.5 Å². The summed E-state index contributed by atoms with van der Waals surface area (Å²) in [5, 5.41) is 5.80. The molecule has 0 saturated carbocycles. The van der Waals surface area contributed by atoms with E-state index in [1.54, 1.807) is 0 Å². The number of nitrogens with zero attached hydrogens (tertiary/aromatic N) is 1. The first-order valence-corrected chi connectivity index (χ1v) is 8.10. The molecule has 0 bridgehead atoms. The van der Waals surface area contributed by atoms with Crippen molar-refractivity contribution in [3.63, 3.8) is 0 Å². The van der Waals surface area contributed by atoms with Crippen molar-refractivity contribution in [2.24, 2.45) is 0 Å². The van der Waals surface area contributed by atoms with E-state index in [1.807, 2.05) is 13.8 Å². The molecule has 4 heteroatoms. The second kappa shape index (κ2) is 7.91. The quantitative estimate of drug-likeness (QED) is 0.872. The fourth-order valence-corrected chi connectivity index (χ4v) is 2.70. The lowest BCUT2D eigenvalue weighted by Gasteiger charge is -2.29. The summed E-state index contributed by atoms with van der Waals surface area (Å²) in [7, 11) is 0. The molecular formula is C17H27N3O. The van der Waals surface area contributed by atoms with Gasteiger partial charge in [-0.05, 0) is 50.3 Å². The Morgan fingerprint density at radius 1 is 1.19 bits per heavy atom. The number of anilines is 1. The van der Waals surface area contributed by atoms with Crippen molar-refractivity contribution in [2.45, 2.75) is 45.6 Å². The van der Waals surface area contributed by atoms with Gasteiger partial charge in [0.25, 0.3) is 0 Å². The Morgan fingerprint density at radius 3 is 2.48 bits per heavy atom. The lowest BCUT2D eigenvalue weighted by atomic mass is 10.1. The number of urea groups is 1. The maximum absolute atomic E-state index is 11.7. The first kappa shape index (κ1) is 15.7. The number of amides is 2. The van der Waals surface area contributed by atoms with Crippen molar-refractivity contribution in [1.82, 2.24) is 10.6 Å². The highest BCUT2D eigenvalue weighted by Crippen LogP contribution is 2.22. The minimum absolute atomic E-state index is 0.0252. The van der Waals surface area contributed by atoms with E-state index in [4.69, 9.17) is 0 Å². The minimum Gasteiger partial charge on any atom is -0.372 e. The fourth-order valence-electron chi connectivity index (χ4n) is 2.70. The molecule has 1 aromatic carbocycles. The summed E-state index contributed by atoms with van der Waals surface area (Å²) in [6.07, 6.45) is 4.88. The molecule has 1 aromatic rings. The predicted octanol–water partition coefficient (Wildman–Crippen LogP) is 3.45. The topological polar surface area (TPSA) is 44.4 Å². The lowest BCUT2D eigenvalue weighted by Crippen LogP contribution is -2.37. The Labute approximate surface area is 127 Å². The Balaban J connectivity index is 1.90. The van der Waals surface area contributed by atoms with Gasteiger partial charge < -0.3 is 15.5 Å². The van der Waals surface area contributed by atoms with E-state index in [1.165, 1.54) is 24.9 Å². The number of carbonyl (C=O) groups excluding carboxylic acids is 1. The van der Waals surface area contributed by atoms with E-state index < -0.39 is 0 Å². The SMILES string of the molecule is CCCNC(=O)N[C@H](C)c1ccc(N2CCCCC2)cc1. The van der Waals surface area contributed by atoms with Crippen LogP contribution in [0.2, 0.25) is 0 Å². The maximum Gasteiger partial charge on any atom is 0.315 e. The minimum atomic E-state index is -0.0931. The average molecular weight is 289 g/mol. The van der Waals surface area contributed by atoms with Crippen molar-refractivity contribution in [1.29, 1.82) is 0 Å². The molecule has 1 atom stereocenters. The van der Waals surface area contributed by atoms with E-state index in [-0.39, 0.29) is 12.1 Å². The highest BCUT2D eigenvalue weighted by molar-refractivity contribution is 5.74. The number of nitrogens with one attached hydrogen (secondary N) is 2. The van der Waals surface area contributed by atoms with E-state index in [0.29, 0.717) is 6.54 Å². The van der Waals surface area contributed by atoms with Crippen molar-refractivity contribution in [3.05, 3.63) is 29.8 Å². The predicted molar refractivity (Wildman–Crippen MR) is 87.7 cm³/mol. The van der Waals surface area contributed by atoms with Gasteiger partial charge in [0.2, 0.25) is 0 Å². The van der Waals surface area contributed by atoms with Crippen LogP contribution in [0.1, 0.15) is 51.1 Å². The summed E-state index contributed by atoms with van der Waals surface area (Å²) in [5.41, 5.74) is 2.43. The van der Waals surface area contributed by atoms with E-state index >= 15 is 0 Å². The number of rotatable bonds is 5. The smallest absolute Gasteiger partial charge is 0.315 e. The average Bonchev–Trinajstić information content (AvgIpc) is 2.54. The van der Waals surface area contributed by atoms with Gasteiger partial charge in [0, 0.05) is 25.3 Å². The van der Waals surface area contributed by atoms with Crippen LogP contribution in [0.15, 0.2) is 24.3 Å². The number of carbonyl (C=O) groups is 1. The molecule has 1 heterocycles. The summed E-state index contributed by atoms with van der Waals surface area (Å²) >= 11 is 0. The molecule has 0 unspecified atom stereocenters. The van der Waals surface area contributed by atoms with Crippen LogP contribution >= 0.6 is 0 Å². The third-order valence-electron chi connectivity index (χ3n) is 4.00. The molecular weight excluding hydrogens is 262 g/mol. The number of piperidine rings is 1. The number of hydrogen-bond donors (Lipinski definition) is 2. The largest absolute Gasteiger partial charge is 0.372 e. The molecule has 21 heavy (non-hydrogen) atoms. The van der Waals surface area contributed by atoms with Crippen LogP contribution in [-0.4, -0.2) is 25.7 Å². The van der Waals surface area contributed by atoms with E-state index in [2.05, 4.69) is 39.8 Å². The van der Waals surface area contributed by atoms with Crippen molar-refractivity contribution < 1.29 is 4.79 Å². The molecule has 4 nitrogen and oxygen atoms in total. The molecule has 0 aromatic heterocycles. The third-order valence-corrected chi connectivity index (χ3v) is 4.00. The van der Waals surface area contributed by atoms with Crippen LogP contribution in [0, 0.1) is 0 Å². The lowest BCUT2D eigenvalue weighted by molar-refractivity contribution is 0.238. The summed E-state index contributed by atoms with van der Waals surface area (Å²) in [4.78, 5) is 14.1. The maximum atomic E-state index is 11.7. The van der Waals surface area contributed by atoms with Gasteiger partial charge in [0.15, 0.2) is 0 Å². The molecule has 1 aliphatic heterocycles. The molecule has 0 spiro atoms. The summed E-state index contributed by atoms with van der Waals surface area (Å²) in [6, 6.07) is 8.51. The Hall–Kier alpha value is -1.71. The summed E-state index contributed by atoms with van der Waals surface area (Å²) in [6.45, 7) is 7.09. The van der Waals surface area contributed by atoms with E-state index in [9.17, 15) is 4.79 Å². The van der Waals surface area contributed by atoms with Crippen LogP contribution in [-0.2, 0) is 0 Å². The second-order valence-corrected chi connectivity index (χ2v) is 5.76. The van der Waals surface area contributed by atoms with Crippen molar-refractivity contribution >= 4 is 11.7 Å². The Morgan fingerprint density at radius 2 is 1.86 bits per heavy atom. The van der Waals surface area contributed by atoms with E-state index in [0.717, 1.165) is 25.1 Å². The Kier molecular flexibility index (Phi) is 5.90. The summed E-state index contributed by atoms with van der Waals surface area (Å²) in [5.74, 6) is 0. The zero-order valence-corrected chi connectivity index (χ0v) is 13.2. The van der Waals surface area contributed by atoms with Gasteiger partial charge in [-0.25, -0.2) is 4.79 Å². The normalized spacial score (nSPS) is 16.4. The second-order valence-electron chi connectivity index (χ2n) is 5.76. The molecule has 2 N–H and O–H groups in total. The van der Waals surface area contributed by atoms with Gasteiger partial charge in [0.1, 0.15) is 0 Å². The standard InChI is InChI=1S/C17H27N3O/c1-3-11-18-17(21)19-14(2)15-7-9-16(10-8-15)20-12-5-4-6-13-20/h7-10,14H,3-6,11-13H2,1-2H3,(H2,18,19,21)/t14-/m1/s1. The molecule has 1 aliphatic rings. The molecule has 1 fully saturated rings. The van der Waals surface area contributed by atoms with Gasteiger partial charge in [-0.15, -0.1) is 0 Å². The van der Waals surface area contributed by atoms with Gasteiger partial charge in [-0.2, -0.15) is 0 Å². The molecule has 1 saturated heterocycles. The first-order valence-electron chi connectivity index (χ1n) is 8.10. The molecule has 0 radical (unpaired) electrons. The molecule has 2 amide bonds. The monoisotopic (exact) mass is 289 g/mol. The van der Waals surface area contributed by atoms with Crippen LogP contribution in [0.4, 0.5) is 10.5 Å². The highest BCUT2D eigenvalue weighted by atomic mass is 16.2. The van der Waals surface area contributed by atoms with Gasteiger partial charge in [-0.3, -0.25) is 0 Å². The molecule has 0 aliphatic carbocycles. The zero-order chi connectivity index (χ0) is 15.1. The highest BCUT2D eigenvalue weighted by Gasteiger charge is 2.12. The number of benzene rings is 1. The van der Waals surface area contributed by atoms with Gasteiger partial charge in [0.05, 0.1) is 6.04 Å². The van der Waals surface area contributed by atoms with Gasteiger partial charge >= 0.3 is 6.03 Å². The summed E-state index contributed by atoms with van der Waals surface area (Å²) < 4.78 is 0. The van der Waals surface area contributed by atoms with Crippen LogP contribution < -0.4 is 15.5 Å². The van der Waals surface area contributed by atoms with Gasteiger partial charge in [-0.1, -0.05) is 19.1 Å². The Bertz CT molecular complexity index is 438. The zero-order valence-electron chi connectivity index (χ0n) is 13.2. The fraction of sp³-hybridized carbons (Fsp3) is 0.588. The first-order chi connectivity index (χ1) is 10.2. The molecule has 2 rings (SSSR count). The number of hydrogen-bond acceptors (Lipinski definition) is 2. The van der Waals surface area contributed by atoms with Crippen LogP contribution in [0.3, 0.4) is 0 Å². The third kappa shape index (κ3) is 4.66.